The van der Waals surface area contributed by atoms with Gasteiger partial charge in [-0.2, -0.15) is 13.2 Å². The summed E-state index contributed by atoms with van der Waals surface area (Å²) < 4.78 is 37.1. The molecule has 23 heavy (non-hydrogen) atoms. The van der Waals surface area contributed by atoms with Crippen LogP contribution >= 0.6 is 11.6 Å². The van der Waals surface area contributed by atoms with Crippen LogP contribution in [0.1, 0.15) is 24.9 Å². The summed E-state index contributed by atoms with van der Waals surface area (Å²) in [5, 5.41) is 3.29. The second kappa shape index (κ2) is 6.78. The molecular formula is C15H16ClF3N2O2. The van der Waals surface area contributed by atoms with Crippen molar-refractivity contribution in [2.24, 2.45) is 5.92 Å². The smallest absolute Gasteiger partial charge is 0.349 e. The number of likely N-dealkylation sites (tertiary alicyclic amines) is 1. The predicted octanol–water partition coefficient (Wildman–Crippen LogP) is 2.93. The standard InChI is InChI=1S/C15H16ClF3N2O2/c1-9(10-2-4-12(16)5-3-10)20-14(23)11-6-13(22)21(7-11)8-15(17,18)19/h2-5,9,11H,6-8H2,1H3,(H,20,23)/t9-,11+/m1/s1. The molecule has 8 heteroatoms. The summed E-state index contributed by atoms with van der Waals surface area (Å²) in [7, 11) is 0. The zero-order valence-electron chi connectivity index (χ0n) is 12.4. The third-order valence-corrected chi connectivity index (χ3v) is 3.94. The minimum atomic E-state index is -4.46. The maximum absolute atomic E-state index is 12.4. The second-order valence-corrected chi connectivity index (χ2v) is 6.01. The topological polar surface area (TPSA) is 49.4 Å². The van der Waals surface area contributed by atoms with E-state index >= 15 is 0 Å². The van der Waals surface area contributed by atoms with E-state index in [4.69, 9.17) is 11.6 Å². The quantitative estimate of drug-likeness (QED) is 0.909. The third kappa shape index (κ3) is 4.86. The molecule has 1 aliphatic heterocycles. The molecule has 1 aromatic carbocycles. The van der Waals surface area contributed by atoms with E-state index in [1.165, 1.54) is 0 Å². The first-order chi connectivity index (χ1) is 10.7. The molecule has 0 aromatic heterocycles. The van der Waals surface area contributed by atoms with E-state index in [0.717, 1.165) is 5.56 Å². The van der Waals surface area contributed by atoms with Gasteiger partial charge in [0, 0.05) is 18.0 Å². The van der Waals surface area contributed by atoms with Crippen LogP contribution in [-0.2, 0) is 9.59 Å². The molecule has 1 saturated heterocycles. The van der Waals surface area contributed by atoms with Gasteiger partial charge in [0.15, 0.2) is 0 Å². The van der Waals surface area contributed by atoms with E-state index in [0.29, 0.717) is 9.92 Å². The molecule has 2 rings (SSSR count). The fourth-order valence-corrected chi connectivity index (χ4v) is 2.61. The highest BCUT2D eigenvalue weighted by atomic mass is 35.5. The molecule has 1 aliphatic rings. The van der Waals surface area contributed by atoms with Crippen LogP contribution in [0.4, 0.5) is 13.2 Å². The van der Waals surface area contributed by atoms with E-state index < -0.39 is 30.5 Å². The molecule has 1 heterocycles. The van der Waals surface area contributed by atoms with Crippen LogP contribution < -0.4 is 5.32 Å². The summed E-state index contributed by atoms with van der Waals surface area (Å²) in [6, 6.07) is 6.55. The Kier molecular flexibility index (Phi) is 5.19. The Morgan fingerprint density at radius 1 is 1.39 bits per heavy atom. The van der Waals surface area contributed by atoms with E-state index in [-0.39, 0.29) is 19.0 Å². The molecule has 2 amide bonds. The van der Waals surface area contributed by atoms with Crippen LogP contribution in [-0.4, -0.2) is 36.0 Å². The number of rotatable bonds is 4. The normalized spacial score (nSPS) is 19.8. The number of hydrogen-bond donors (Lipinski definition) is 1. The van der Waals surface area contributed by atoms with Gasteiger partial charge in [-0.1, -0.05) is 23.7 Å². The first kappa shape index (κ1) is 17.6. The van der Waals surface area contributed by atoms with Crippen LogP contribution in [0.15, 0.2) is 24.3 Å². The van der Waals surface area contributed by atoms with Gasteiger partial charge in [0.2, 0.25) is 11.8 Å². The number of nitrogens with one attached hydrogen (secondary N) is 1. The van der Waals surface area contributed by atoms with E-state index in [1.807, 2.05) is 0 Å². The Labute approximate surface area is 136 Å². The van der Waals surface area contributed by atoms with Gasteiger partial charge in [-0.25, -0.2) is 0 Å². The molecule has 1 N–H and O–H groups in total. The van der Waals surface area contributed by atoms with E-state index in [2.05, 4.69) is 5.32 Å². The maximum Gasteiger partial charge on any atom is 0.406 e. The minimum Gasteiger partial charge on any atom is -0.349 e. The van der Waals surface area contributed by atoms with Crippen molar-refractivity contribution in [2.45, 2.75) is 25.6 Å². The summed E-state index contributed by atoms with van der Waals surface area (Å²) >= 11 is 5.79. The molecular weight excluding hydrogens is 333 g/mol. The summed E-state index contributed by atoms with van der Waals surface area (Å²) in [6.07, 6.45) is -4.66. The Bertz CT molecular complexity index is 589. The molecule has 1 aromatic rings. The molecule has 0 spiro atoms. The van der Waals surface area contributed by atoms with Crippen molar-refractivity contribution in [2.75, 3.05) is 13.1 Å². The van der Waals surface area contributed by atoms with Crippen LogP contribution in [0, 0.1) is 5.92 Å². The fourth-order valence-electron chi connectivity index (χ4n) is 2.48. The Balaban J connectivity index is 1.93. The number of carbonyl (C=O) groups is 2. The molecule has 0 unspecified atom stereocenters. The summed E-state index contributed by atoms with van der Waals surface area (Å²) in [4.78, 5) is 24.4. The Morgan fingerprint density at radius 2 is 2.00 bits per heavy atom. The SMILES string of the molecule is C[C@@H](NC(=O)[C@H]1CC(=O)N(CC(F)(F)F)C1)c1ccc(Cl)cc1. The zero-order chi connectivity index (χ0) is 17.2. The first-order valence-electron chi connectivity index (χ1n) is 7.06. The monoisotopic (exact) mass is 348 g/mol. The average molecular weight is 349 g/mol. The van der Waals surface area contributed by atoms with Crippen molar-refractivity contribution in [1.29, 1.82) is 0 Å². The maximum atomic E-state index is 12.4. The Hall–Kier alpha value is -1.76. The molecule has 0 bridgehead atoms. The number of halogens is 4. The van der Waals surface area contributed by atoms with Gasteiger partial charge < -0.3 is 10.2 Å². The van der Waals surface area contributed by atoms with Crippen molar-refractivity contribution in [3.05, 3.63) is 34.9 Å². The minimum absolute atomic E-state index is 0.199. The third-order valence-electron chi connectivity index (χ3n) is 3.68. The highest BCUT2D eigenvalue weighted by molar-refractivity contribution is 6.30. The predicted molar refractivity (Wildman–Crippen MR) is 78.8 cm³/mol. The van der Waals surface area contributed by atoms with E-state index in [1.54, 1.807) is 31.2 Å². The van der Waals surface area contributed by atoms with Crippen LogP contribution in [0.2, 0.25) is 5.02 Å². The largest absolute Gasteiger partial charge is 0.406 e. The van der Waals surface area contributed by atoms with Crippen molar-refractivity contribution in [1.82, 2.24) is 10.2 Å². The number of benzene rings is 1. The van der Waals surface area contributed by atoms with Crippen molar-refractivity contribution >= 4 is 23.4 Å². The lowest BCUT2D eigenvalue weighted by atomic mass is 10.1. The lowest BCUT2D eigenvalue weighted by molar-refractivity contribution is -0.157. The molecule has 0 radical (unpaired) electrons. The molecule has 0 saturated carbocycles. The summed E-state index contributed by atoms with van der Waals surface area (Å²) in [6.45, 7) is 0.227. The van der Waals surface area contributed by atoms with E-state index in [9.17, 15) is 22.8 Å². The van der Waals surface area contributed by atoms with Gasteiger partial charge in [-0.05, 0) is 24.6 Å². The zero-order valence-corrected chi connectivity index (χ0v) is 13.1. The number of nitrogens with zero attached hydrogens (tertiary/aromatic N) is 1. The van der Waals surface area contributed by atoms with Gasteiger partial charge in [-0.3, -0.25) is 9.59 Å². The lowest BCUT2D eigenvalue weighted by Crippen LogP contribution is -2.37. The Morgan fingerprint density at radius 3 is 2.57 bits per heavy atom. The number of alkyl halides is 3. The molecule has 2 atom stereocenters. The van der Waals surface area contributed by atoms with Gasteiger partial charge in [0.1, 0.15) is 6.54 Å². The van der Waals surface area contributed by atoms with Crippen LogP contribution in [0.25, 0.3) is 0 Å². The highest BCUT2D eigenvalue weighted by Crippen LogP contribution is 2.25. The number of hydrogen-bond acceptors (Lipinski definition) is 2. The second-order valence-electron chi connectivity index (χ2n) is 5.57. The lowest BCUT2D eigenvalue weighted by Gasteiger charge is -2.19. The van der Waals surface area contributed by atoms with Crippen molar-refractivity contribution < 1.29 is 22.8 Å². The fraction of sp³-hybridized carbons (Fsp3) is 0.467. The summed E-state index contributed by atoms with van der Waals surface area (Å²) in [5.41, 5.74) is 0.819. The molecule has 0 aliphatic carbocycles. The van der Waals surface area contributed by atoms with Gasteiger partial charge in [0.05, 0.1) is 12.0 Å². The van der Waals surface area contributed by atoms with Crippen LogP contribution in [0.5, 0.6) is 0 Å². The summed E-state index contributed by atoms with van der Waals surface area (Å²) in [5.74, 6) is -1.84. The first-order valence-corrected chi connectivity index (χ1v) is 7.44. The van der Waals surface area contributed by atoms with Crippen molar-refractivity contribution in [3.63, 3.8) is 0 Å². The van der Waals surface area contributed by atoms with Crippen LogP contribution in [0.3, 0.4) is 0 Å². The average Bonchev–Trinajstić information content (AvgIpc) is 2.79. The number of amides is 2. The van der Waals surface area contributed by atoms with Gasteiger partial charge >= 0.3 is 6.18 Å². The molecule has 4 nitrogen and oxygen atoms in total. The van der Waals surface area contributed by atoms with Gasteiger partial charge in [0.25, 0.3) is 0 Å². The molecule has 126 valence electrons. The molecule has 1 fully saturated rings. The highest BCUT2D eigenvalue weighted by Gasteiger charge is 2.40. The van der Waals surface area contributed by atoms with Crippen molar-refractivity contribution in [3.8, 4) is 0 Å². The number of carbonyl (C=O) groups excluding carboxylic acids is 2. The van der Waals surface area contributed by atoms with Gasteiger partial charge in [-0.15, -0.1) is 0 Å².